The molecule has 0 amide bonds. The number of halogens is 3. The maximum Gasteiger partial charge on any atom is 0.123 e. The minimum Gasteiger partial charge on any atom is -0.207 e. The van der Waals surface area contributed by atoms with Crippen LogP contribution in [0.1, 0.15) is 24.0 Å². The van der Waals surface area contributed by atoms with Crippen molar-refractivity contribution in [2.75, 3.05) is 0 Å². The van der Waals surface area contributed by atoms with Gasteiger partial charge in [-0.05, 0) is 35.4 Å². The molecule has 2 rings (SSSR count). The first-order valence-electron chi connectivity index (χ1n) is 5.29. The molecule has 0 saturated carbocycles. The van der Waals surface area contributed by atoms with E-state index in [1.54, 1.807) is 12.1 Å². The van der Waals surface area contributed by atoms with Gasteiger partial charge in [-0.15, -0.1) is 0 Å². The van der Waals surface area contributed by atoms with E-state index in [0.29, 0.717) is 10.0 Å². The van der Waals surface area contributed by atoms with E-state index in [1.807, 2.05) is 25.1 Å². The molecule has 0 spiro atoms. The summed E-state index contributed by atoms with van der Waals surface area (Å²) in [6.07, 6.45) is 0. The molecule has 0 bridgehead atoms. The highest BCUT2D eigenvalue weighted by Gasteiger charge is 2.15. The Morgan fingerprint density at radius 3 is 2.00 bits per heavy atom. The van der Waals surface area contributed by atoms with Crippen LogP contribution >= 0.6 is 23.2 Å². The lowest BCUT2D eigenvalue weighted by Crippen LogP contribution is -1.98. The molecule has 1 unspecified atom stereocenters. The molecule has 0 saturated heterocycles. The summed E-state index contributed by atoms with van der Waals surface area (Å²) in [6, 6.07) is 11.8. The number of benzene rings is 2. The van der Waals surface area contributed by atoms with Crippen LogP contribution < -0.4 is 0 Å². The van der Waals surface area contributed by atoms with E-state index >= 15 is 0 Å². The van der Waals surface area contributed by atoms with Gasteiger partial charge in [-0.1, -0.05) is 48.3 Å². The second-order valence-electron chi connectivity index (χ2n) is 3.91. The van der Waals surface area contributed by atoms with Gasteiger partial charge in [-0.3, -0.25) is 0 Å². The van der Waals surface area contributed by atoms with Crippen LogP contribution in [0.2, 0.25) is 10.0 Å². The van der Waals surface area contributed by atoms with Gasteiger partial charge >= 0.3 is 0 Å². The van der Waals surface area contributed by atoms with Gasteiger partial charge in [0.25, 0.3) is 0 Å². The van der Waals surface area contributed by atoms with Crippen molar-refractivity contribution in [2.45, 2.75) is 12.8 Å². The Kier molecular flexibility index (Phi) is 3.70. The van der Waals surface area contributed by atoms with Crippen LogP contribution in [0, 0.1) is 5.82 Å². The van der Waals surface area contributed by atoms with Gasteiger partial charge in [0.15, 0.2) is 0 Å². The van der Waals surface area contributed by atoms with Crippen LogP contribution in [0.4, 0.5) is 4.39 Å². The Hall–Kier alpha value is -1.05. The largest absolute Gasteiger partial charge is 0.207 e. The Morgan fingerprint density at radius 1 is 0.941 bits per heavy atom. The SMILES string of the molecule is CC(c1ccc(F)cc1)c1c(Cl)cccc1Cl. The highest BCUT2D eigenvalue weighted by molar-refractivity contribution is 6.36. The van der Waals surface area contributed by atoms with Gasteiger partial charge in [0.1, 0.15) is 5.82 Å². The predicted molar refractivity (Wildman–Crippen MR) is 70.4 cm³/mol. The quantitative estimate of drug-likeness (QED) is 0.695. The third kappa shape index (κ3) is 2.62. The van der Waals surface area contributed by atoms with Gasteiger partial charge in [-0.2, -0.15) is 0 Å². The summed E-state index contributed by atoms with van der Waals surface area (Å²) in [5.74, 6) is -0.206. The van der Waals surface area contributed by atoms with Gasteiger partial charge in [0, 0.05) is 16.0 Å². The Labute approximate surface area is 110 Å². The maximum atomic E-state index is 12.9. The summed E-state index contributed by atoms with van der Waals surface area (Å²) in [5, 5.41) is 1.27. The maximum absolute atomic E-state index is 12.9. The van der Waals surface area contributed by atoms with Crippen LogP contribution in [-0.2, 0) is 0 Å². The fraction of sp³-hybridized carbons (Fsp3) is 0.143. The lowest BCUT2D eigenvalue weighted by molar-refractivity contribution is 0.626. The normalized spacial score (nSPS) is 12.5. The highest BCUT2D eigenvalue weighted by atomic mass is 35.5. The molecule has 2 aromatic rings. The molecule has 3 heteroatoms. The van der Waals surface area contributed by atoms with Crippen LogP contribution in [-0.4, -0.2) is 0 Å². The fourth-order valence-corrected chi connectivity index (χ4v) is 2.57. The van der Waals surface area contributed by atoms with E-state index in [2.05, 4.69) is 0 Å². The first-order valence-corrected chi connectivity index (χ1v) is 6.04. The first kappa shape index (κ1) is 12.4. The standard InChI is InChI=1S/C14H11Cl2F/c1-9(10-5-7-11(17)8-6-10)14-12(15)3-2-4-13(14)16/h2-9H,1H3. The van der Waals surface area contributed by atoms with Crippen molar-refractivity contribution in [2.24, 2.45) is 0 Å². The molecule has 2 aromatic carbocycles. The summed E-state index contributed by atoms with van der Waals surface area (Å²) >= 11 is 12.3. The highest BCUT2D eigenvalue weighted by Crippen LogP contribution is 2.35. The van der Waals surface area contributed by atoms with Crippen LogP contribution in [0.15, 0.2) is 42.5 Å². The molecule has 0 N–H and O–H groups in total. The average Bonchev–Trinajstić information content (AvgIpc) is 2.29. The molecule has 88 valence electrons. The zero-order valence-electron chi connectivity index (χ0n) is 9.25. The summed E-state index contributed by atoms with van der Waals surface area (Å²) in [5.41, 5.74) is 1.86. The number of hydrogen-bond donors (Lipinski definition) is 0. The van der Waals surface area contributed by atoms with Gasteiger partial charge in [-0.25, -0.2) is 4.39 Å². The monoisotopic (exact) mass is 268 g/mol. The molecule has 0 nitrogen and oxygen atoms in total. The second kappa shape index (κ2) is 5.07. The first-order chi connectivity index (χ1) is 8.09. The van der Waals surface area contributed by atoms with Crippen molar-refractivity contribution >= 4 is 23.2 Å². The molecule has 0 radical (unpaired) electrons. The summed E-state index contributed by atoms with van der Waals surface area (Å²) in [4.78, 5) is 0. The molecule has 17 heavy (non-hydrogen) atoms. The van der Waals surface area contributed by atoms with Crippen LogP contribution in [0.3, 0.4) is 0 Å². The van der Waals surface area contributed by atoms with Gasteiger partial charge in [0.2, 0.25) is 0 Å². The molecule has 0 aliphatic carbocycles. The Balaban J connectivity index is 2.43. The van der Waals surface area contributed by atoms with E-state index in [1.165, 1.54) is 12.1 Å². The number of rotatable bonds is 2. The van der Waals surface area contributed by atoms with Crippen molar-refractivity contribution in [3.8, 4) is 0 Å². The lowest BCUT2D eigenvalue weighted by Gasteiger charge is -2.15. The zero-order chi connectivity index (χ0) is 12.4. The molecule has 0 aliphatic heterocycles. The topological polar surface area (TPSA) is 0 Å². The van der Waals surface area contributed by atoms with Crippen molar-refractivity contribution < 1.29 is 4.39 Å². The van der Waals surface area contributed by atoms with Gasteiger partial charge < -0.3 is 0 Å². The summed E-state index contributed by atoms with van der Waals surface area (Å²) in [6.45, 7) is 2.00. The molecule has 0 aliphatic rings. The van der Waals surface area contributed by atoms with Gasteiger partial charge in [0.05, 0.1) is 0 Å². The third-order valence-corrected chi connectivity index (χ3v) is 3.46. The Morgan fingerprint density at radius 2 is 1.47 bits per heavy atom. The van der Waals surface area contributed by atoms with E-state index in [4.69, 9.17) is 23.2 Å². The lowest BCUT2D eigenvalue weighted by atomic mass is 9.93. The van der Waals surface area contributed by atoms with E-state index in [-0.39, 0.29) is 11.7 Å². The van der Waals surface area contributed by atoms with Crippen LogP contribution in [0.25, 0.3) is 0 Å². The molecular formula is C14H11Cl2F. The Bertz CT molecular complexity index is 500. The molecule has 0 heterocycles. The molecular weight excluding hydrogens is 258 g/mol. The molecule has 1 atom stereocenters. The van der Waals surface area contributed by atoms with Crippen molar-refractivity contribution in [3.63, 3.8) is 0 Å². The third-order valence-electron chi connectivity index (χ3n) is 2.80. The molecule has 0 aromatic heterocycles. The summed E-state index contributed by atoms with van der Waals surface area (Å²) < 4.78 is 12.9. The average molecular weight is 269 g/mol. The summed E-state index contributed by atoms with van der Waals surface area (Å²) in [7, 11) is 0. The molecule has 0 fully saturated rings. The minimum atomic E-state index is -0.244. The van der Waals surface area contributed by atoms with Crippen molar-refractivity contribution in [1.29, 1.82) is 0 Å². The smallest absolute Gasteiger partial charge is 0.123 e. The second-order valence-corrected chi connectivity index (χ2v) is 4.72. The van der Waals surface area contributed by atoms with E-state index in [0.717, 1.165) is 11.1 Å². The zero-order valence-corrected chi connectivity index (χ0v) is 10.8. The van der Waals surface area contributed by atoms with Crippen LogP contribution in [0.5, 0.6) is 0 Å². The predicted octanol–water partition coefficient (Wildman–Crippen LogP) is 5.28. The van der Waals surface area contributed by atoms with E-state index in [9.17, 15) is 4.39 Å². The van der Waals surface area contributed by atoms with Crippen molar-refractivity contribution in [3.05, 3.63) is 69.5 Å². The minimum absolute atomic E-state index is 0.0387. The number of hydrogen-bond acceptors (Lipinski definition) is 0. The van der Waals surface area contributed by atoms with Crippen molar-refractivity contribution in [1.82, 2.24) is 0 Å². The fourth-order valence-electron chi connectivity index (χ4n) is 1.84. The van der Waals surface area contributed by atoms with E-state index < -0.39 is 0 Å².